The van der Waals surface area contributed by atoms with E-state index in [4.69, 9.17) is 16.3 Å². The summed E-state index contributed by atoms with van der Waals surface area (Å²) in [7, 11) is 0. The highest BCUT2D eigenvalue weighted by Gasteiger charge is 2.47. The number of rotatable bonds is 5. The van der Waals surface area contributed by atoms with E-state index in [0.29, 0.717) is 23.7 Å². The maximum Gasteiger partial charge on any atom is 0.327 e. The van der Waals surface area contributed by atoms with Gasteiger partial charge in [-0.1, -0.05) is 11.6 Å². The molecule has 6 nitrogen and oxygen atoms in total. The Bertz CT molecular complexity index is 555. The lowest BCUT2D eigenvalue weighted by molar-refractivity contribution is -0.129. The number of hydrogen-bond donors (Lipinski definition) is 1. The Morgan fingerprint density at radius 2 is 2.05 bits per heavy atom. The number of ether oxygens (including phenoxy) is 1. The lowest BCUT2D eigenvalue weighted by Gasteiger charge is -2.19. The molecule has 0 saturated carbocycles. The molecule has 3 amide bonds. The highest BCUT2D eigenvalue weighted by Crippen LogP contribution is 2.27. The van der Waals surface area contributed by atoms with Crippen LogP contribution in [-0.2, 0) is 4.79 Å². The summed E-state index contributed by atoms with van der Waals surface area (Å²) < 4.78 is 5.43. The van der Waals surface area contributed by atoms with E-state index in [1.807, 2.05) is 0 Å². The van der Waals surface area contributed by atoms with Gasteiger partial charge in [0.1, 0.15) is 24.5 Å². The summed E-state index contributed by atoms with van der Waals surface area (Å²) in [6, 6.07) is 6.11. The number of hydrogen-bond acceptors (Lipinski definition) is 4. The molecular weight excluding hydrogens is 308 g/mol. The number of aliphatic hydroxyl groups is 1. The predicted octanol–water partition coefficient (Wildman–Crippen LogP) is 1.51. The van der Waals surface area contributed by atoms with Gasteiger partial charge in [-0.2, -0.15) is 0 Å². The minimum absolute atomic E-state index is 0.00333. The summed E-state index contributed by atoms with van der Waals surface area (Å²) in [5.74, 6) is 0.358. The molecule has 0 spiro atoms. The van der Waals surface area contributed by atoms with Crippen molar-refractivity contribution >= 4 is 23.5 Å². The molecule has 0 unspecified atom stereocenters. The van der Waals surface area contributed by atoms with Gasteiger partial charge in [-0.15, -0.1) is 0 Å². The van der Waals surface area contributed by atoms with E-state index in [2.05, 4.69) is 0 Å². The molecule has 0 bridgehead atoms. The minimum Gasteiger partial charge on any atom is -0.491 e. The van der Waals surface area contributed by atoms with Crippen LogP contribution < -0.4 is 4.74 Å². The number of β-amino-alcohol motifs (C(OH)–C–C–N with tert-alkyl or cyclic N) is 1. The molecule has 3 rings (SSSR count). The van der Waals surface area contributed by atoms with Crippen molar-refractivity contribution in [3.8, 4) is 5.75 Å². The zero-order valence-corrected chi connectivity index (χ0v) is 12.7. The molecular formula is C15H17ClN2O4. The number of carbonyl (C=O) groups excluding carboxylic acids is 2. The smallest absolute Gasteiger partial charge is 0.327 e. The Kier molecular flexibility index (Phi) is 4.22. The van der Waals surface area contributed by atoms with Gasteiger partial charge in [-0.3, -0.25) is 9.69 Å². The van der Waals surface area contributed by atoms with E-state index >= 15 is 0 Å². The third kappa shape index (κ3) is 2.89. The van der Waals surface area contributed by atoms with E-state index in [9.17, 15) is 14.7 Å². The number of imide groups is 1. The van der Waals surface area contributed by atoms with Crippen LogP contribution in [0.1, 0.15) is 12.8 Å². The number of amides is 3. The third-order valence-corrected chi connectivity index (χ3v) is 4.18. The molecule has 2 aliphatic rings. The summed E-state index contributed by atoms with van der Waals surface area (Å²) in [6.45, 7) is 0.574. The lowest BCUT2D eigenvalue weighted by Crippen LogP contribution is -2.41. The number of nitrogens with zero attached hydrogens (tertiary/aromatic N) is 2. The molecule has 0 radical (unpaired) electrons. The molecule has 22 heavy (non-hydrogen) atoms. The van der Waals surface area contributed by atoms with Gasteiger partial charge in [0.05, 0.1) is 6.54 Å². The molecule has 2 heterocycles. The molecule has 1 aromatic carbocycles. The largest absolute Gasteiger partial charge is 0.491 e. The first kappa shape index (κ1) is 15.1. The zero-order valence-electron chi connectivity index (χ0n) is 11.9. The Labute approximate surface area is 133 Å². The van der Waals surface area contributed by atoms with Gasteiger partial charge in [0.25, 0.3) is 5.91 Å². The quantitative estimate of drug-likeness (QED) is 0.833. The molecule has 2 atom stereocenters. The summed E-state index contributed by atoms with van der Waals surface area (Å²) in [4.78, 5) is 27.0. The first-order valence-electron chi connectivity index (χ1n) is 7.24. The van der Waals surface area contributed by atoms with Crippen LogP contribution in [0.2, 0.25) is 5.02 Å². The highest BCUT2D eigenvalue weighted by atomic mass is 35.5. The average Bonchev–Trinajstić information content (AvgIpc) is 3.07. The van der Waals surface area contributed by atoms with Crippen molar-refractivity contribution in [2.45, 2.75) is 25.0 Å². The van der Waals surface area contributed by atoms with Crippen LogP contribution in [0.5, 0.6) is 5.75 Å². The molecule has 1 aromatic rings. The molecule has 0 aliphatic carbocycles. The zero-order chi connectivity index (χ0) is 15.7. The second-order valence-electron chi connectivity index (χ2n) is 5.50. The summed E-state index contributed by atoms with van der Waals surface area (Å²) in [5, 5.41) is 10.6. The van der Waals surface area contributed by atoms with Gasteiger partial charge in [0, 0.05) is 11.6 Å². The van der Waals surface area contributed by atoms with Crippen LogP contribution >= 0.6 is 11.6 Å². The monoisotopic (exact) mass is 324 g/mol. The number of carbonyl (C=O) groups is 2. The molecule has 2 saturated heterocycles. The average molecular weight is 325 g/mol. The van der Waals surface area contributed by atoms with Crippen molar-refractivity contribution in [3.05, 3.63) is 29.3 Å². The normalized spacial score (nSPS) is 22.2. The molecule has 0 aromatic heterocycles. The summed E-state index contributed by atoms with van der Waals surface area (Å²) in [6.07, 6.45) is 0.639. The van der Waals surface area contributed by atoms with Gasteiger partial charge >= 0.3 is 6.03 Å². The van der Waals surface area contributed by atoms with Crippen LogP contribution in [-0.4, -0.2) is 58.7 Å². The van der Waals surface area contributed by atoms with Crippen molar-refractivity contribution in [1.29, 1.82) is 0 Å². The summed E-state index contributed by atoms with van der Waals surface area (Å²) in [5.41, 5.74) is 0. The number of fused-ring (bicyclic) bond motifs is 1. The van der Waals surface area contributed by atoms with E-state index in [1.54, 1.807) is 29.2 Å². The van der Waals surface area contributed by atoms with Crippen molar-refractivity contribution in [3.63, 3.8) is 0 Å². The standard InChI is InChI=1S/C15H17ClN2O4/c16-10-3-5-12(6-4-10)22-9-11(19)8-18-14(20)13-2-1-7-17(13)15(18)21/h3-6,11,13,19H,1-2,7-9H2/t11-,13+/m0/s1. The van der Waals surface area contributed by atoms with E-state index < -0.39 is 6.10 Å². The van der Waals surface area contributed by atoms with Crippen LogP contribution in [0.25, 0.3) is 0 Å². The van der Waals surface area contributed by atoms with Crippen molar-refractivity contribution < 1.29 is 19.4 Å². The fraction of sp³-hybridized carbons (Fsp3) is 0.467. The lowest BCUT2D eigenvalue weighted by atomic mass is 10.2. The van der Waals surface area contributed by atoms with Crippen molar-refractivity contribution in [1.82, 2.24) is 9.80 Å². The second-order valence-corrected chi connectivity index (χ2v) is 5.94. The van der Waals surface area contributed by atoms with E-state index in [1.165, 1.54) is 0 Å². The maximum absolute atomic E-state index is 12.1. The first-order valence-corrected chi connectivity index (χ1v) is 7.62. The van der Waals surface area contributed by atoms with Crippen molar-refractivity contribution in [2.75, 3.05) is 19.7 Å². The Morgan fingerprint density at radius 1 is 1.32 bits per heavy atom. The molecule has 2 fully saturated rings. The van der Waals surface area contributed by atoms with Gasteiger partial charge in [0.2, 0.25) is 0 Å². The Hall–Kier alpha value is -1.79. The number of halogens is 1. The van der Waals surface area contributed by atoms with Crippen LogP contribution in [0, 0.1) is 0 Å². The Morgan fingerprint density at radius 3 is 2.73 bits per heavy atom. The number of benzene rings is 1. The Balaban J connectivity index is 1.53. The van der Waals surface area contributed by atoms with Crippen LogP contribution in [0.4, 0.5) is 4.79 Å². The molecule has 118 valence electrons. The van der Waals surface area contributed by atoms with E-state index in [0.717, 1.165) is 11.3 Å². The minimum atomic E-state index is -0.927. The van der Waals surface area contributed by atoms with Gasteiger partial charge < -0.3 is 14.7 Å². The molecule has 7 heteroatoms. The van der Waals surface area contributed by atoms with Crippen molar-refractivity contribution in [2.24, 2.45) is 0 Å². The predicted molar refractivity (Wildman–Crippen MR) is 79.8 cm³/mol. The summed E-state index contributed by atoms with van der Waals surface area (Å²) >= 11 is 5.78. The van der Waals surface area contributed by atoms with Crippen LogP contribution in [0.3, 0.4) is 0 Å². The van der Waals surface area contributed by atoms with Gasteiger partial charge in [0.15, 0.2) is 0 Å². The fourth-order valence-corrected chi connectivity index (χ4v) is 2.96. The maximum atomic E-state index is 12.1. The molecule has 2 aliphatic heterocycles. The second kappa shape index (κ2) is 6.14. The SMILES string of the molecule is O=C1[C@H]2CCCN2C(=O)N1C[C@H](O)COc1ccc(Cl)cc1. The van der Waals surface area contributed by atoms with E-state index in [-0.39, 0.29) is 31.1 Å². The topological polar surface area (TPSA) is 70.1 Å². The van der Waals surface area contributed by atoms with Gasteiger partial charge in [-0.25, -0.2) is 4.79 Å². The van der Waals surface area contributed by atoms with Gasteiger partial charge in [-0.05, 0) is 37.1 Å². The fourth-order valence-electron chi connectivity index (χ4n) is 2.84. The number of urea groups is 1. The third-order valence-electron chi connectivity index (χ3n) is 3.93. The first-order chi connectivity index (χ1) is 10.6. The highest BCUT2D eigenvalue weighted by molar-refractivity contribution is 6.30. The number of aliphatic hydroxyl groups excluding tert-OH is 1. The van der Waals surface area contributed by atoms with Crippen LogP contribution in [0.15, 0.2) is 24.3 Å². The molecule has 1 N–H and O–H groups in total.